The zero-order chi connectivity index (χ0) is 14.7. The van der Waals surface area contributed by atoms with Crippen LogP contribution in [0.5, 0.6) is 5.75 Å². The first kappa shape index (κ1) is 14.8. The van der Waals surface area contributed by atoms with Crippen LogP contribution >= 0.6 is 0 Å². The number of hydrogen-bond donors (Lipinski definition) is 3. The number of hydrazine groups is 1. The zero-order valence-corrected chi connectivity index (χ0v) is 12.1. The number of benzene rings is 1. The Kier molecular flexibility index (Phi) is 4.62. The van der Waals surface area contributed by atoms with E-state index in [0.29, 0.717) is 0 Å². The molecule has 1 fully saturated rings. The van der Waals surface area contributed by atoms with E-state index in [4.69, 9.17) is 4.74 Å². The highest BCUT2D eigenvalue weighted by atomic mass is 16.5. The van der Waals surface area contributed by atoms with Crippen LogP contribution in [0.15, 0.2) is 24.3 Å². The number of ether oxygens (including phenoxy) is 1. The van der Waals surface area contributed by atoms with Gasteiger partial charge in [0.05, 0.1) is 18.1 Å². The molecule has 2 rings (SSSR count). The van der Waals surface area contributed by atoms with Crippen molar-refractivity contribution in [1.82, 2.24) is 10.9 Å². The highest BCUT2D eigenvalue weighted by molar-refractivity contribution is 5.72. The number of hydrogen-bond acceptors (Lipinski definition) is 4. The standard InChI is InChI=1S/C15H22N2O3/c1-4-9(2)20-12-7-5-11(6-8-12)14-13(15(18)19)10(3)16-17-14/h5-10,13-14,16-17H,4H2,1-3H3,(H,18,19). The molecule has 1 heterocycles. The Morgan fingerprint density at radius 1 is 1.35 bits per heavy atom. The van der Waals surface area contributed by atoms with Crippen molar-refractivity contribution in [3.05, 3.63) is 29.8 Å². The molecule has 0 saturated carbocycles. The summed E-state index contributed by atoms with van der Waals surface area (Å²) in [5, 5.41) is 9.32. The van der Waals surface area contributed by atoms with Gasteiger partial charge < -0.3 is 9.84 Å². The van der Waals surface area contributed by atoms with Crippen molar-refractivity contribution in [2.24, 2.45) is 5.92 Å². The Morgan fingerprint density at radius 2 is 2.00 bits per heavy atom. The molecule has 1 aromatic rings. The topological polar surface area (TPSA) is 70.6 Å². The first-order valence-electron chi connectivity index (χ1n) is 7.03. The van der Waals surface area contributed by atoms with Gasteiger partial charge in [0.15, 0.2) is 0 Å². The molecule has 0 aromatic heterocycles. The molecule has 0 bridgehead atoms. The van der Waals surface area contributed by atoms with Crippen LogP contribution in [0.3, 0.4) is 0 Å². The molecule has 110 valence electrons. The largest absolute Gasteiger partial charge is 0.491 e. The van der Waals surface area contributed by atoms with Crippen molar-refractivity contribution < 1.29 is 14.6 Å². The molecule has 1 aliphatic rings. The van der Waals surface area contributed by atoms with E-state index in [1.165, 1.54) is 0 Å². The lowest BCUT2D eigenvalue weighted by molar-refractivity contribution is -0.142. The van der Waals surface area contributed by atoms with Crippen molar-refractivity contribution in [1.29, 1.82) is 0 Å². The summed E-state index contributed by atoms with van der Waals surface area (Å²) in [7, 11) is 0. The summed E-state index contributed by atoms with van der Waals surface area (Å²) in [5.74, 6) is -0.453. The van der Waals surface area contributed by atoms with Gasteiger partial charge in [-0.05, 0) is 38.0 Å². The first-order valence-corrected chi connectivity index (χ1v) is 7.03. The molecule has 1 aliphatic heterocycles. The molecule has 0 spiro atoms. The van der Waals surface area contributed by atoms with Crippen LogP contribution in [0.4, 0.5) is 0 Å². The second-order valence-corrected chi connectivity index (χ2v) is 5.32. The van der Waals surface area contributed by atoms with Gasteiger partial charge in [-0.1, -0.05) is 19.1 Å². The monoisotopic (exact) mass is 278 g/mol. The van der Waals surface area contributed by atoms with E-state index >= 15 is 0 Å². The molecule has 5 nitrogen and oxygen atoms in total. The summed E-state index contributed by atoms with van der Waals surface area (Å²) in [5.41, 5.74) is 7.00. The van der Waals surface area contributed by atoms with Gasteiger partial charge >= 0.3 is 5.97 Å². The van der Waals surface area contributed by atoms with Crippen LogP contribution in [0.2, 0.25) is 0 Å². The minimum Gasteiger partial charge on any atom is -0.491 e. The average Bonchev–Trinajstić information content (AvgIpc) is 2.81. The van der Waals surface area contributed by atoms with E-state index in [9.17, 15) is 9.90 Å². The van der Waals surface area contributed by atoms with Crippen LogP contribution < -0.4 is 15.6 Å². The fourth-order valence-electron chi connectivity index (χ4n) is 2.41. The molecule has 4 unspecified atom stereocenters. The number of carboxylic acid groups (broad SMARTS) is 1. The third kappa shape index (κ3) is 3.11. The van der Waals surface area contributed by atoms with E-state index < -0.39 is 11.9 Å². The molecule has 0 radical (unpaired) electrons. The second-order valence-electron chi connectivity index (χ2n) is 5.32. The molecule has 1 saturated heterocycles. The summed E-state index contributed by atoms with van der Waals surface area (Å²) < 4.78 is 5.72. The van der Waals surface area contributed by atoms with E-state index in [2.05, 4.69) is 17.8 Å². The highest BCUT2D eigenvalue weighted by Crippen LogP contribution is 2.30. The van der Waals surface area contributed by atoms with Gasteiger partial charge in [0.1, 0.15) is 5.75 Å². The van der Waals surface area contributed by atoms with Gasteiger partial charge in [-0.2, -0.15) is 0 Å². The summed E-state index contributed by atoms with van der Waals surface area (Å²) >= 11 is 0. The minimum atomic E-state index is -0.792. The first-order chi connectivity index (χ1) is 9.52. The quantitative estimate of drug-likeness (QED) is 0.769. The third-order valence-electron chi connectivity index (χ3n) is 3.80. The van der Waals surface area contributed by atoms with Gasteiger partial charge in [0.2, 0.25) is 0 Å². The van der Waals surface area contributed by atoms with E-state index in [1.54, 1.807) is 0 Å². The molecular formula is C15H22N2O3. The molecule has 5 heteroatoms. The van der Waals surface area contributed by atoms with Crippen molar-refractivity contribution in [2.45, 2.75) is 45.4 Å². The van der Waals surface area contributed by atoms with Crippen LogP contribution in [0, 0.1) is 5.92 Å². The minimum absolute atomic E-state index is 0.103. The predicted octanol–water partition coefficient (Wildman–Crippen LogP) is 2.10. The molecule has 4 atom stereocenters. The molecule has 20 heavy (non-hydrogen) atoms. The number of carbonyl (C=O) groups is 1. The van der Waals surface area contributed by atoms with E-state index in [1.807, 2.05) is 38.1 Å². The Morgan fingerprint density at radius 3 is 2.55 bits per heavy atom. The lowest BCUT2D eigenvalue weighted by atomic mass is 9.90. The Labute approximate surface area is 119 Å². The highest BCUT2D eigenvalue weighted by Gasteiger charge is 2.39. The van der Waals surface area contributed by atoms with Gasteiger partial charge in [0, 0.05) is 6.04 Å². The van der Waals surface area contributed by atoms with Crippen molar-refractivity contribution in [2.75, 3.05) is 0 Å². The van der Waals surface area contributed by atoms with Crippen molar-refractivity contribution >= 4 is 5.97 Å². The third-order valence-corrected chi connectivity index (χ3v) is 3.80. The maximum absolute atomic E-state index is 11.3. The smallest absolute Gasteiger partial charge is 0.310 e. The number of nitrogens with one attached hydrogen (secondary N) is 2. The Balaban J connectivity index is 2.11. The number of aliphatic carboxylic acids is 1. The van der Waals surface area contributed by atoms with Gasteiger partial charge in [-0.25, -0.2) is 5.43 Å². The van der Waals surface area contributed by atoms with Crippen LogP contribution in [-0.2, 0) is 4.79 Å². The predicted molar refractivity (Wildman–Crippen MR) is 76.4 cm³/mol. The lowest BCUT2D eigenvalue weighted by Crippen LogP contribution is -2.30. The summed E-state index contributed by atoms with van der Waals surface area (Å²) in [6.07, 6.45) is 1.13. The Bertz CT molecular complexity index is 461. The maximum atomic E-state index is 11.3. The van der Waals surface area contributed by atoms with Gasteiger partial charge in [0.25, 0.3) is 0 Å². The SMILES string of the molecule is CCC(C)Oc1ccc(C2NNC(C)C2C(=O)O)cc1. The fraction of sp³-hybridized carbons (Fsp3) is 0.533. The number of rotatable bonds is 5. The average molecular weight is 278 g/mol. The normalized spacial score (nSPS) is 27.2. The van der Waals surface area contributed by atoms with E-state index in [-0.39, 0.29) is 18.2 Å². The van der Waals surface area contributed by atoms with Crippen LogP contribution in [-0.4, -0.2) is 23.2 Å². The lowest BCUT2D eigenvalue weighted by Gasteiger charge is -2.18. The second kappa shape index (κ2) is 6.24. The maximum Gasteiger partial charge on any atom is 0.310 e. The molecule has 0 aliphatic carbocycles. The zero-order valence-electron chi connectivity index (χ0n) is 12.1. The van der Waals surface area contributed by atoms with Crippen molar-refractivity contribution in [3.8, 4) is 5.75 Å². The summed E-state index contributed by atoms with van der Waals surface area (Å²) in [4.78, 5) is 11.3. The molecule has 1 aromatic carbocycles. The van der Waals surface area contributed by atoms with E-state index in [0.717, 1.165) is 17.7 Å². The summed E-state index contributed by atoms with van der Waals surface area (Å²) in [6, 6.07) is 7.31. The molecular weight excluding hydrogens is 256 g/mol. The summed E-state index contributed by atoms with van der Waals surface area (Å²) in [6.45, 7) is 5.97. The van der Waals surface area contributed by atoms with Crippen LogP contribution in [0.1, 0.15) is 38.8 Å². The van der Waals surface area contributed by atoms with Gasteiger partial charge in [-0.3, -0.25) is 10.2 Å². The van der Waals surface area contributed by atoms with Crippen molar-refractivity contribution in [3.63, 3.8) is 0 Å². The number of carboxylic acids is 1. The van der Waals surface area contributed by atoms with Gasteiger partial charge in [-0.15, -0.1) is 0 Å². The van der Waals surface area contributed by atoms with Crippen LogP contribution in [0.25, 0.3) is 0 Å². The Hall–Kier alpha value is -1.59. The molecule has 0 amide bonds. The fourth-order valence-corrected chi connectivity index (χ4v) is 2.41. The molecule has 3 N–H and O–H groups in total.